The maximum atomic E-state index is 11.9. The number of para-hydroxylation sites is 1. The van der Waals surface area contributed by atoms with Gasteiger partial charge in [-0.3, -0.25) is 20.6 Å². The molecule has 6 nitrogen and oxygen atoms in total. The highest BCUT2D eigenvalue weighted by molar-refractivity contribution is 8.00. The molecule has 3 N–H and O–H groups in total. The highest BCUT2D eigenvalue weighted by Crippen LogP contribution is 2.25. The van der Waals surface area contributed by atoms with Gasteiger partial charge in [-0.25, -0.2) is 0 Å². The van der Waals surface area contributed by atoms with Crippen LogP contribution in [0.4, 0.5) is 0 Å². The van der Waals surface area contributed by atoms with Gasteiger partial charge in [0, 0.05) is 29.6 Å². The summed E-state index contributed by atoms with van der Waals surface area (Å²) >= 11 is 6.54. The number of thiocarbonyl (C=S) groups is 1. The zero-order valence-electron chi connectivity index (χ0n) is 13.7. The fourth-order valence-corrected chi connectivity index (χ4v) is 2.93. The third-order valence-electron chi connectivity index (χ3n) is 3.11. The van der Waals surface area contributed by atoms with E-state index < -0.39 is 0 Å². The van der Waals surface area contributed by atoms with Crippen LogP contribution in [0, 0.1) is 0 Å². The molecule has 1 amide bonds. The van der Waals surface area contributed by atoms with Gasteiger partial charge >= 0.3 is 0 Å². The van der Waals surface area contributed by atoms with Crippen LogP contribution < -0.4 is 16.2 Å². The third kappa shape index (κ3) is 5.95. The zero-order chi connectivity index (χ0) is 17.4. The number of amides is 1. The molecule has 2 aromatic rings. The molecule has 0 unspecified atom stereocenters. The monoisotopic (exact) mass is 363 g/mol. The van der Waals surface area contributed by atoms with Gasteiger partial charge in [0.2, 0.25) is 5.91 Å². The van der Waals surface area contributed by atoms with Crippen LogP contribution in [0.25, 0.3) is 10.9 Å². The summed E-state index contributed by atoms with van der Waals surface area (Å²) < 4.78 is 0. The number of hydrogen-bond acceptors (Lipinski definition) is 5. The molecule has 24 heavy (non-hydrogen) atoms. The minimum atomic E-state index is -0.148. The number of hydrazine groups is 1. The first kappa shape index (κ1) is 18.4. The lowest BCUT2D eigenvalue weighted by atomic mass is 10.2. The lowest BCUT2D eigenvalue weighted by Crippen LogP contribution is -2.48. The van der Waals surface area contributed by atoms with Gasteiger partial charge in [0.1, 0.15) is 0 Å². The van der Waals surface area contributed by atoms with Gasteiger partial charge in [0.05, 0.1) is 11.3 Å². The summed E-state index contributed by atoms with van der Waals surface area (Å²) in [5.41, 5.74) is 6.20. The highest BCUT2D eigenvalue weighted by atomic mass is 32.2. The number of likely N-dealkylation sites (N-methyl/N-ethyl adjacent to an activating group) is 1. The van der Waals surface area contributed by atoms with Crippen LogP contribution in [0.1, 0.15) is 0 Å². The van der Waals surface area contributed by atoms with Crippen molar-refractivity contribution in [3.05, 3.63) is 36.5 Å². The number of fused-ring (bicyclic) bond motifs is 1. The normalized spacial score (nSPS) is 10.6. The standard InChI is InChI=1S/C16H21N5OS2/c1-21(2)10-9-18-16(23)20-19-14(22)11-24-13-7-3-5-12-6-4-8-17-15(12)13/h3-8H,9-11H2,1-2H3,(H,19,22)(H2,18,20,23). The molecule has 2 rings (SSSR count). The van der Waals surface area contributed by atoms with Crippen LogP contribution in [-0.2, 0) is 4.79 Å². The Morgan fingerprint density at radius 3 is 2.83 bits per heavy atom. The van der Waals surface area contributed by atoms with Crippen LogP contribution in [0.2, 0.25) is 0 Å². The molecule has 1 aromatic heterocycles. The highest BCUT2D eigenvalue weighted by Gasteiger charge is 2.07. The fraction of sp³-hybridized carbons (Fsp3) is 0.312. The number of carbonyl (C=O) groups is 1. The number of aromatic nitrogens is 1. The Hall–Kier alpha value is -1.90. The topological polar surface area (TPSA) is 69.3 Å². The van der Waals surface area contributed by atoms with Gasteiger partial charge in [-0.1, -0.05) is 18.2 Å². The van der Waals surface area contributed by atoms with E-state index in [0.717, 1.165) is 22.3 Å². The van der Waals surface area contributed by atoms with E-state index >= 15 is 0 Å². The first-order valence-electron chi connectivity index (χ1n) is 7.50. The molecule has 0 saturated heterocycles. The molecular formula is C16H21N5OS2. The zero-order valence-corrected chi connectivity index (χ0v) is 15.3. The Bertz CT molecular complexity index is 702. The van der Waals surface area contributed by atoms with Crippen molar-refractivity contribution in [3.63, 3.8) is 0 Å². The van der Waals surface area contributed by atoms with Crippen LogP contribution >= 0.6 is 24.0 Å². The second-order valence-corrected chi connectivity index (χ2v) is 6.78. The lowest BCUT2D eigenvalue weighted by molar-refractivity contribution is -0.119. The Morgan fingerprint density at radius 2 is 2.04 bits per heavy atom. The summed E-state index contributed by atoms with van der Waals surface area (Å²) in [6.45, 7) is 1.57. The van der Waals surface area contributed by atoms with Gasteiger partial charge in [0.25, 0.3) is 0 Å². The summed E-state index contributed by atoms with van der Waals surface area (Å²) in [4.78, 5) is 19.3. The van der Waals surface area contributed by atoms with Crippen LogP contribution in [0.15, 0.2) is 41.4 Å². The summed E-state index contributed by atoms with van der Waals surface area (Å²) in [7, 11) is 3.97. The molecule has 1 heterocycles. The number of nitrogens with zero attached hydrogens (tertiary/aromatic N) is 2. The van der Waals surface area contributed by atoms with Gasteiger partial charge in [0.15, 0.2) is 5.11 Å². The average Bonchev–Trinajstić information content (AvgIpc) is 2.57. The first-order chi connectivity index (χ1) is 11.6. The van der Waals surface area contributed by atoms with Gasteiger partial charge in [-0.15, -0.1) is 11.8 Å². The van der Waals surface area contributed by atoms with E-state index in [-0.39, 0.29) is 11.7 Å². The van der Waals surface area contributed by atoms with E-state index in [1.54, 1.807) is 6.20 Å². The van der Waals surface area contributed by atoms with Crippen molar-refractivity contribution in [2.24, 2.45) is 0 Å². The minimum absolute atomic E-state index is 0.148. The maximum Gasteiger partial charge on any atom is 0.248 e. The van der Waals surface area contributed by atoms with Crippen molar-refractivity contribution in [1.29, 1.82) is 0 Å². The van der Waals surface area contributed by atoms with E-state index in [2.05, 4.69) is 21.2 Å². The van der Waals surface area contributed by atoms with E-state index in [1.165, 1.54) is 11.8 Å². The molecule has 0 atom stereocenters. The molecule has 8 heteroatoms. The van der Waals surface area contributed by atoms with E-state index in [4.69, 9.17) is 12.2 Å². The largest absolute Gasteiger partial charge is 0.360 e. The molecular weight excluding hydrogens is 342 g/mol. The number of thioether (sulfide) groups is 1. The third-order valence-corrected chi connectivity index (χ3v) is 4.41. The van der Waals surface area contributed by atoms with E-state index in [9.17, 15) is 4.79 Å². The summed E-state index contributed by atoms with van der Waals surface area (Å²) in [5, 5.41) is 4.48. The second kappa shape index (κ2) is 9.41. The number of pyridine rings is 1. The molecule has 128 valence electrons. The fourth-order valence-electron chi connectivity index (χ4n) is 1.94. The van der Waals surface area contributed by atoms with Crippen molar-refractivity contribution in [3.8, 4) is 0 Å². The minimum Gasteiger partial charge on any atom is -0.360 e. The van der Waals surface area contributed by atoms with Gasteiger partial charge in [-0.2, -0.15) is 0 Å². The van der Waals surface area contributed by atoms with Crippen molar-refractivity contribution in [2.75, 3.05) is 32.9 Å². The van der Waals surface area contributed by atoms with Crippen molar-refractivity contribution in [1.82, 2.24) is 26.1 Å². The van der Waals surface area contributed by atoms with Crippen LogP contribution in [0.5, 0.6) is 0 Å². The smallest absolute Gasteiger partial charge is 0.248 e. The average molecular weight is 364 g/mol. The number of rotatable bonds is 6. The van der Waals surface area contributed by atoms with Crippen molar-refractivity contribution in [2.45, 2.75) is 4.90 Å². The Morgan fingerprint density at radius 1 is 1.25 bits per heavy atom. The van der Waals surface area contributed by atoms with E-state index in [0.29, 0.717) is 11.7 Å². The molecule has 0 radical (unpaired) electrons. The Balaban J connectivity index is 1.76. The molecule has 0 spiro atoms. The van der Waals surface area contributed by atoms with Crippen LogP contribution in [-0.4, -0.2) is 53.8 Å². The molecule has 0 saturated carbocycles. The quantitative estimate of drug-likeness (QED) is 0.407. The maximum absolute atomic E-state index is 11.9. The number of carbonyl (C=O) groups excluding carboxylic acids is 1. The van der Waals surface area contributed by atoms with Crippen molar-refractivity contribution >= 4 is 45.9 Å². The Labute approximate surface area is 151 Å². The number of benzene rings is 1. The molecule has 0 fully saturated rings. The number of nitrogens with one attached hydrogen (secondary N) is 3. The predicted octanol–water partition coefficient (Wildman–Crippen LogP) is 1.38. The predicted molar refractivity (Wildman–Crippen MR) is 103 cm³/mol. The molecule has 0 bridgehead atoms. The van der Waals surface area contributed by atoms with E-state index in [1.807, 2.05) is 49.3 Å². The van der Waals surface area contributed by atoms with Crippen LogP contribution in [0.3, 0.4) is 0 Å². The Kier molecular flexibility index (Phi) is 7.23. The molecule has 0 aliphatic heterocycles. The lowest BCUT2D eigenvalue weighted by Gasteiger charge is -2.13. The van der Waals surface area contributed by atoms with Gasteiger partial charge in [-0.05, 0) is 38.4 Å². The SMILES string of the molecule is CN(C)CCNC(=S)NNC(=O)CSc1cccc2cccnc12. The summed E-state index contributed by atoms with van der Waals surface area (Å²) in [5.74, 6) is 0.132. The van der Waals surface area contributed by atoms with Gasteiger partial charge < -0.3 is 10.2 Å². The molecule has 0 aliphatic carbocycles. The molecule has 0 aliphatic rings. The summed E-state index contributed by atoms with van der Waals surface area (Å²) in [6, 6.07) is 9.84. The molecule has 1 aromatic carbocycles. The van der Waals surface area contributed by atoms with Crippen molar-refractivity contribution < 1.29 is 4.79 Å². The number of hydrogen-bond donors (Lipinski definition) is 3. The second-order valence-electron chi connectivity index (χ2n) is 5.35. The first-order valence-corrected chi connectivity index (χ1v) is 8.89. The summed E-state index contributed by atoms with van der Waals surface area (Å²) in [6.07, 6.45) is 1.76.